The molecule has 0 amide bonds. The molecule has 0 bridgehead atoms. The molecule has 3 aromatic rings. The molecule has 8 heteroatoms. The molecule has 0 aliphatic carbocycles. The van der Waals surface area contributed by atoms with Gasteiger partial charge in [-0.1, -0.05) is 12.1 Å². The second kappa shape index (κ2) is 10.5. The number of nitrogens with zero attached hydrogens (tertiary/aromatic N) is 3. The first-order chi connectivity index (χ1) is 12.7. The summed E-state index contributed by atoms with van der Waals surface area (Å²) in [6, 6.07) is 6.33. The maximum Gasteiger partial charge on any atom is 0.193 e. The van der Waals surface area contributed by atoms with Crippen LogP contribution in [0.25, 0.3) is 4.96 Å². The van der Waals surface area contributed by atoms with E-state index >= 15 is 0 Å². The van der Waals surface area contributed by atoms with Crippen LogP contribution in [0.4, 0.5) is 0 Å². The molecule has 146 valence electrons. The molecule has 2 aromatic heterocycles. The zero-order valence-corrected chi connectivity index (χ0v) is 19.0. The van der Waals surface area contributed by atoms with Crippen molar-refractivity contribution in [3.63, 3.8) is 0 Å². The third kappa shape index (κ3) is 5.83. The number of nitrogens with one attached hydrogen (secondary N) is 2. The van der Waals surface area contributed by atoms with E-state index in [4.69, 9.17) is 4.74 Å². The number of halogens is 1. The van der Waals surface area contributed by atoms with Crippen molar-refractivity contribution in [2.45, 2.75) is 26.8 Å². The third-order valence-corrected chi connectivity index (χ3v) is 4.84. The van der Waals surface area contributed by atoms with Crippen LogP contribution in [-0.4, -0.2) is 35.5 Å². The molecule has 0 unspecified atom stereocenters. The summed E-state index contributed by atoms with van der Waals surface area (Å²) in [4.78, 5) is 10.2. The van der Waals surface area contributed by atoms with Gasteiger partial charge in [-0.3, -0.25) is 4.40 Å². The summed E-state index contributed by atoms with van der Waals surface area (Å²) in [7, 11) is 1.71. The first-order valence-electron chi connectivity index (χ1n) is 8.76. The van der Waals surface area contributed by atoms with Gasteiger partial charge in [0.1, 0.15) is 5.75 Å². The number of guanidine groups is 1. The normalized spacial score (nSPS) is 11.3. The highest BCUT2D eigenvalue weighted by atomic mass is 127. The highest BCUT2D eigenvalue weighted by molar-refractivity contribution is 14.0. The maximum atomic E-state index is 5.39. The van der Waals surface area contributed by atoms with Gasteiger partial charge < -0.3 is 15.4 Å². The van der Waals surface area contributed by atoms with Gasteiger partial charge in [0, 0.05) is 30.9 Å². The number of hydrogen-bond acceptors (Lipinski definition) is 4. The van der Waals surface area contributed by atoms with Gasteiger partial charge in [0.2, 0.25) is 0 Å². The Morgan fingerprint density at radius 3 is 2.93 bits per heavy atom. The second-order valence-electron chi connectivity index (χ2n) is 6.00. The summed E-state index contributed by atoms with van der Waals surface area (Å²) in [6.45, 7) is 6.30. The summed E-state index contributed by atoms with van der Waals surface area (Å²) in [5.41, 5.74) is 3.36. The Morgan fingerprint density at radius 1 is 1.33 bits per heavy atom. The second-order valence-corrected chi connectivity index (χ2v) is 6.87. The van der Waals surface area contributed by atoms with Crippen molar-refractivity contribution in [3.8, 4) is 5.75 Å². The number of imidazole rings is 1. The van der Waals surface area contributed by atoms with Crippen LogP contribution in [0, 0.1) is 6.92 Å². The molecule has 0 saturated heterocycles. The van der Waals surface area contributed by atoms with E-state index in [1.165, 1.54) is 5.56 Å². The quantitative estimate of drug-likeness (QED) is 0.296. The number of ether oxygens (including phenoxy) is 1. The number of fused-ring (bicyclic) bond motifs is 1. The van der Waals surface area contributed by atoms with E-state index in [2.05, 4.69) is 52.7 Å². The van der Waals surface area contributed by atoms with Crippen LogP contribution in [0.1, 0.15) is 23.7 Å². The van der Waals surface area contributed by atoms with Gasteiger partial charge in [-0.2, -0.15) is 0 Å². The fourth-order valence-corrected chi connectivity index (χ4v) is 3.42. The van der Waals surface area contributed by atoms with Crippen LogP contribution in [0.5, 0.6) is 5.75 Å². The van der Waals surface area contributed by atoms with Crippen LogP contribution in [-0.2, 0) is 13.0 Å². The van der Waals surface area contributed by atoms with Crippen molar-refractivity contribution in [2.24, 2.45) is 4.99 Å². The zero-order chi connectivity index (χ0) is 18.4. The lowest BCUT2D eigenvalue weighted by atomic mass is 10.1. The minimum Gasteiger partial charge on any atom is -0.496 e. The van der Waals surface area contributed by atoms with E-state index in [1.54, 1.807) is 18.4 Å². The Labute approximate surface area is 181 Å². The van der Waals surface area contributed by atoms with Crippen LogP contribution < -0.4 is 15.4 Å². The van der Waals surface area contributed by atoms with Crippen molar-refractivity contribution < 1.29 is 4.74 Å². The lowest BCUT2D eigenvalue weighted by Gasteiger charge is -2.12. The Balaban J connectivity index is 0.00000261. The first-order valence-corrected chi connectivity index (χ1v) is 9.64. The Kier molecular flexibility index (Phi) is 8.36. The Hall–Kier alpha value is -1.81. The third-order valence-electron chi connectivity index (χ3n) is 4.07. The molecule has 6 nitrogen and oxygen atoms in total. The maximum absolute atomic E-state index is 5.39. The molecule has 2 heterocycles. The minimum absolute atomic E-state index is 0. The lowest BCUT2D eigenvalue weighted by Crippen LogP contribution is -2.38. The number of aromatic nitrogens is 2. The van der Waals surface area contributed by atoms with Crippen molar-refractivity contribution in [3.05, 3.63) is 52.8 Å². The van der Waals surface area contributed by atoms with E-state index in [1.807, 2.05) is 22.2 Å². The number of rotatable bonds is 7. The van der Waals surface area contributed by atoms with Crippen LogP contribution >= 0.6 is 35.3 Å². The molecular weight excluding hydrogens is 473 g/mol. The molecule has 2 N–H and O–H groups in total. The summed E-state index contributed by atoms with van der Waals surface area (Å²) in [6.07, 6.45) is 4.94. The summed E-state index contributed by atoms with van der Waals surface area (Å²) in [5.74, 6) is 1.74. The van der Waals surface area contributed by atoms with Gasteiger partial charge in [0.15, 0.2) is 10.9 Å². The van der Waals surface area contributed by atoms with Crippen molar-refractivity contribution in [2.75, 3.05) is 20.2 Å². The highest BCUT2D eigenvalue weighted by Gasteiger charge is 2.04. The molecule has 0 radical (unpaired) electrons. The average Bonchev–Trinajstić information content (AvgIpc) is 3.22. The zero-order valence-electron chi connectivity index (χ0n) is 15.9. The number of aryl methyl sites for hydroxylation is 1. The summed E-state index contributed by atoms with van der Waals surface area (Å²) < 4.78 is 7.42. The molecule has 1 aromatic carbocycles. The van der Waals surface area contributed by atoms with Gasteiger partial charge in [0.05, 0.1) is 19.3 Å². The van der Waals surface area contributed by atoms with Gasteiger partial charge in [0.25, 0.3) is 0 Å². The number of benzene rings is 1. The van der Waals surface area contributed by atoms with Crippen molar-refractivity contribution in [1.29, 1.82) is 0 Å². The molecule has 0 aliphatic rings. The average molecular weight is 499 g/mol. The fraction of sp³-hybridized carbons (Fsp3) is 0.368. The molecule has 27 heavy (non-hydrogen) atoms. The topological polar surface area (TPSA) is 63.0 Å². The Bertz CT molecular complexity index is 861. The molecule has 0 saturated carbocycles. The predicted molar refractivity (Wildman–Crippen MR) is 123 cm³/mol. The van der Waals surface area contributed by atoms with E-state index in [-0.39, 0.29) is 24.0 Å². The fourth-order valence-electron chi connectivity index (χ4n) is 2.70. The van der Waals surface area contributed by atoms with Gasteiger partial charge in [-0.15, -0.1) is 35.3 Å². The molecule has 0 spiro atoms. The van der Waals surface area contributed by atoms with Crippen LogP contribution in [0.2, 0.25) is 0 Å². The van der Waals surface area contributed by atoms with E-state index < -0.39 is 0 Å². The SMILES string of the molecule is CCNC(=NCc1cn2ccsc2n1)NCCc1ccc(C)c(OC)c1.I. The number of thiazole rings is 1. The van der Waals surface area contributed by atoms with Crippen molar-refractivity contribution in [1.82, 2.24) is 20.0 Å². The van der Waals surface area contributed by atoms with Crippen LogP contribution in [0.15, 0.2) is 41.0 Å². The first kappa shape index (κ1) is 21.5. The molecular formula is C19H26IN5OS. The highest BCUT2D eigenvalue weighted by Crippen LogP contribution is 2.19. The number of aliphatic imine (C=N–C) groups is 1. The molecule has 0 aliphatic heterocycles. The van der Waals surface area contributed by atoms with Gasteiger partial charge in [-0.05, 0) is 37.5 Å². The lowest BCUT2D eigenvalue weighted by molar-refractivity contribution is 0.411. The molecule has 0 atom stereocenters. The smallest absolute Gasteiger partial charge is 0.193 e. The Morgan fingerprint density at radius 2 is 2.19 bits per heavy atom. The van der Waals surface area contributed by atoms with Gasteiger partial charge in [-0.25, -0.2) is 9.98 Å². The van der Waals surface area contributed by atoms with E-state index in [0.29, 0.717) is 6.54 Å². The summed E-state index contributed by atoms with van der Waals surface area (Å²) in [5, 5.41) is 8.69. The largest absolute Gasteiger partial charge is 0.496 e. The van der Waals surface area contributed by atoms with Crippen LogP contribution in [0.3, 0.4) is 0 Å². The summed E-state index contributed by atoms with van der Waals surface area (Å²) >= 11 is 1.63. The standard InChI is InChI=1S/C19H25N5OS.HI/c1-4-20-18(22-12-16-13-24-9-10-26-19(24)23-16)21-8-7-15-6-5-14(2)17(11-15)25-3;/h5-6,9-11,13H,4,7-8,12H2,1-3H3,(H2,20,21,22);1H. The van der Waals surface area contributed by atoms with Gasteiger partial charge >= 0.3 is 0 Å². The van der Waals surface area contributed by atoms with E-state index in [9.17, 15) is 0 Å². The van der Waals surface area contributed by atoms with E-state index in [0.717, 1.165) is 47.4 Å². The minimum atomic E-state index is 0. The monoisotopic (exact) mass is 499 g/mol. The van der Waals surface area contributed by atoms with Crippen molar-refractivity contribution >= 4 is 46.2 Å². The number of hydrogen-bond donors (Lipinski definition) is 2. The number of methoxy groups -OCH3 is 1. The molecule has 0 fully saturated rings. The predicted octanol–water partition coefficient (Wildman–Crippen LogP) is 3.63. The molecule has 3 rings (SSSR count).